The number of hydrogen-bond donors (Lipinski definition) is 1. The van der Waals surface area contributed by atoms with E-state index >= 15 is 0 Å². The molecule has 4 rings (SSSR count). The summed E-state index contributed by atoms with van der Waals surface area (Å²) in [5, 5.41) is 3.44. The molecule has 8 heteroatoms. The number of fused-ring (bicyclic) bond motifs is 3. The molecule has 1 aliphatic rings. The molecule has 0 bridgehead atoms. The van der Waals surface area contributed by atoms with E-state index in [0.29, 0.717) is 23.2 Å². The Balaban J connectivity index is 1.52. The van der Waals surface area contributed by atoms with Gasteiger partial charge in [-0.15, -0.1) is 22.7 Å². The molecular weight excluding hydrogens is 382 g/mol. The summed E-state index contributed by atoms with van der Waals surface area (Å²) in [4.78, 5) is 44.5. The number of amides is 1. The molecule has 0 atom stereocenters. The lowest BCUT2D eigenvalue weighted by Gasteiger charge is -2.04. The molecule has 0 unspecified atom stereocenters. The highest BCUT2D eigenvalue weighted by molar-refractivity contribution is 7.18. The molecular formula is C19H19N3O3S2. The molecule has 6 nitrogen and oxygen atoms in total. The Morgan fingerprint density at radius 1 is 1.26 bits per heavy atom. The van der Waals surface area contributed by atoms with Gasteiger partial charge in [0.1, 0.15) is 4.83 Å². The van der Waals surface area contributed by atoms with Gasteiger partial charge in [-0.25, -0.2) is 4.98 Å². The van der Waals surface area contributed by atoms with E-state index in [2.05, 4.69) is 10.3 Å². The van der Waals surface area contributed by atoms with Crippen molar-refractivity contribution >= 4 is 44.6 Å². The molecule has 1 aliphatic carbocycles. The van der Waals surface area contributed by atoms with Gasteiger partial charge < -0.3 is 5.32 Å². The first-order valence-corrected chi connectivity index (χ1v) is 10.5. The Kier molecular flexibility index (Phi) is 4.92. The lowest BCUT2D eigenvalue weighted by atomic mass is 10.2. The monoisotopic (exact) mass is 401 g/mol. The van der Waals surface area contributed by atoms with E-state index in [1.807, 2.05) is 6.07 Å². The molecule has 0 radical (unpaired) electrons. The van der Waals surface area contributed by atoms with Crippen LogP contribution in [0.25, 0.3) is 10.2 Å². The second-order valence-electron chi connectivity index (χ2n) is 6.64. The van der Waals surface area contributed by atoms with Crippen molar-refractivity contribution in [3.05, 3.63) is 49.0 Å². The Morgan fingerprint density at radius 2 is 2.11 bits per heavy atom. The van der Waals surface area contributed by atoms with Crippen LogP contribution in [0.4, 0.5) is 0 Å². The second-order valence-corrected chi connectivity index (χ2v) is 8.89. The third-order valence-corrected chi connectivity index (χ3v) is 7.07. The first-order chi connectivity index (χ1) is 13.0. The minimum Gasteiger partial charge on any atom is -0.356 e. The summed E-state index contributed by atoms with van der Waals surface area (Å²) in [6.07, 6.45) is 5.20. The van der Waals surface area contributed by atoms with Crippen molar-refractivity contribution in [3.8, 4) is 0 Å². The lowest BCUT2D eigenvalue weighted by Crippen LogP contribution is -2.24. The van der Waals surface area contributed by atoms with E-state index in [1.54, 1.807) is 17.4 Å². The van der Waals surface area contributed by atoms with Gasteiger partial charge in [-0.05, 0) is 43.4 Å². The van der Waals surface area contributed by atoms with Crippen molar-refractivity contribution in [3.63, 3.8) is 0 Å². The van der Waals surface area contributed by atoms with Crippen LogP contribution in [-0.4, -0.2) is 27.8 Å². The predicted molar refractivity (Wildman–Crippen MR) is 107 cm³/mol. The predicted octanol–water partition coefficient (Wildman–Crippen LogP) is 2.57. The van der Waals surface area contributed by atoms with Gasteiger partial charge in [-0.1, -0.05) is 0 Å². The third-order valence-electron chi connectivity index (χ3n) is 4.69. The zero-order chi connectivity index (χ0) is 19.0. The zero-order valence-electron chi connectivity index (χ0n) is 14.9. The fourth-order valence-electron chi connectivity index (χ4n) is 3.39. The quantitative estimate of drug-likeness (QED) is 0.644. The van der Waals surface area contributed by atoms with Gasteiger partial charge in [-0.2, -0.15) is 0 Å². The molecule has 1 amide bonds. The van der Waals surface area contributed by atoms with Crippen LogP contribution >= 0.6 is 22.7 Å². The number of Topliss-reactive ketones (excluding diaryl/α,β-unsaturated/α-hetero) is 1. The topological polar surface area (TPSA) is 81.1 Å². The average molecular weight is 402 g/mol. The first kappa shape index (κ1) is 18.1. The smallest absolute Gasteiger partial charge is 0.262 e. The number of ketones is 1. The molecule has 3 aromatic heterocycles. The molecule has 1 N–H and O–H groups in total. The van der Waals surface area contributed by atoms with Crippen LogP contribution in [0.3, 0.4) is 0 Å². The zero-order valence-corrected chi connectivity index (χ0v) is 16.5. The Bertz CT molecular complexity index is 1090. The van der Waals surface area contributed by atoms with Crippen molar-refractivity contribution < 1.29 is 9.59 Å². The SMILES string of the molecule is CC(=O)NCCc1ccc(C(=O)Cn2cnc3sc4c(c3c2=O)CCC4)s1. The minimum atomic E-state index is -0.116. The van der Waals surface area contributed by atoms with Crippen LogP contribution in [0.15, 0.2) is 23.3 Å². The van der Waals surface area contributed by atoms with E-state index in [-0.39, 0.29) is 23.8 Å². The molecule has 27 heavy (non-hydrogen) atoms. The second kappa shape index (κ2) is 7.36. The fraction of sp³-hybridized carbons (Fsp3) is 0.368. The molecule has 140 valence electrons. The summed E-state index contributed by atoms with van der Waals surface area (Å²) < 4.78 is 1.42. The van der Waals surface area contributed by atoms with Crippen molar-refractivity contribution in [2.75, 3.05) is 6.54 Å². The molecule has 3 aromatic rings. The van der Waals surface area contributed by atoms with Crippen LogP contribution < -0.4 is 10.9 Å². The summed E-state index contributed by atoms with van der Waals surface area (Å²) in [5.41, 5.74) is 1.01. The third kappa shape index (κ3) is 3.59. The number of hydrogen-bond acceptors (Lipinski definition) is 6. The van der Waals surface area contributed by atoms with Gasteiger partial charge in [0.05, 0.1) is 23.1 Å². The number of rotatable bonds is 6. The van der Waals surface area contributed by atoms with E-state index in [1.165, 1.54) is 34.0 Å². The Labute approximate surface area is 163 Å². The molecule has 3 heterocycles. The Hall–Kier alpha value is -2.32. The largest absolute Gasteiger partial charge is 0.356 e. The normalized spacial score (nSPS) is 13.1. The highest BCUT2D eigenvalue weighted by Gasteiger charge is 2.22. The number of carbonyl (C=O) groups is 2. The lowest BCUT2D eigenvalue weighted by molar-refractivity contribution is -0.118. The summed E-state index contributed by atoms with van der Waals surface area (Å²) in [7, 11) is 0. The van der Waals surface area contributed by atoms with Crippen LogP contribution in [-0.2, 0) is 30.6 Å². The summed E-state index contributed by atoms with van der Waals surface area (Å²) in [6, 6.07) is 3.69. The van der Waals surface area contributed by atoms with E-state index in [9.17, 15) is 14.4 Å². The first-order valence-electron chi connectivity index (χ1n) is 8.89. The van der Waals surface area contributed by atoms with Gasteiger partial charge in [0.15, 0.2) is 5.78 Å². The maximum atomic E-state index is 12.9. The number of thiophene rings is 2. The van der Waals surface area contributed by atoms with Crippen LogP contribution in [0.2, 0.25) is 0 Å². The van der Waals surface area contributed by atoms with Gasteiger partial charge in [0.25, 0.3) is 5.56 Å². The molecule has 0 aliphatic heterocycles. The van der Waals surface area contributed by atoms with Crippen LogP contribution in [0.5, 0.6) is 0 Å². The number of carbonyl (C=O) groups excluding carboxylic acids is 2. The van der Waals surface area contributed by atoms with E-state index < -0.39 is 0 Å². The van der Waals surface area contributed by atoms with E-state index in [4.69, 9.17) is 0 Å². The number of nitrogens with one attached hydrogen (secondary N) is 1. The summed E-state index contributed by atoms with van der Waals surface area (Å²) >= 11 is 3.01. The Morgan fingerprint density at radius 3 is 2.93 bits per heavy atom. The molecule has 0 aromatic carbocycles. The van der Waals surface area contributed by atoms with Gasteiger partial charge >= 0.3 is 0 Å². The number of nitrogens with zero attached hydrogens (tertiary/aromatic N) is 2. The van der Waals surface area contributed by atoms with Gasteiger partial charge in [0.2, 0.25) is 5.91 Å². The molecule has 0 spiro atoms. The maximum Gasteiger partial charge on any atom is 0.262 e. The standard InChI is InChI=1S/C19H19N3O3S2/c1-11(23)20-8-7-12-5-6-16(26-12)14(24)9-22-10-21-18-17(19(22)25)13-3-2-4-15(13)27-18/h5-6,10H,2-4,7-9H2,1H3,(H,20,23). The molecule has 0 saturated carbocycles. The number of aryl methyl sites for hydroxylation is 2. The summed E-state index contributed by atoms with van der Waals surface area (Å²) in [6.45, 7) is 2.03. The van der Waals surface area contributed by atoms with E-state index in [0.717, 1.165) is 34.5 Å². The maximum absolute atomic E-state index is 12.9. The van der Waals surface area contributed by atoms with Crippen molar-refractivity contribution in [2.45, 2.75) is 39.2 Å². The fourth-order valence-corrected chi connectivity index (χ4v) is 5.55. The van der Waals surface area contributed by atoms with Crippen molar-refractivity contribution in [1.82, 2.24) is 14.9 Å². The average Bonchev–Trinajstić information content (AvgIpc) is 3.32. The highest BCUT2D eigenvalue weighted by atomic mass is 32.1. The minimum absolute atomic E-state index is 0.00194. The van der Waals surface area contributed by atoms with Crippen molar-refractivity contribution in [2.24, 2.45) is 0 Å². The summed E-state index contributed by atoms with van der Waals surface area (Å²) in [5.74, 6) is -0.161. The van der Waals surface area contributed by atoms with Crippen molar-refractivity contribution in [1.29, 1.82) is 0 Å². The highest BCUT2D eigenvalue weighted by Crippen LogP contribution is 2.34. The van der Waals surface area contributed by atoms with Gasteiger partial charge in [0, 0.05) is 23.2 Å². The van der Waals surface area contributed by atoms with Crippen LogP contribution in [0, 0.1) is 0 Å². The van der Waals surface area contributed by atoms with Crippen LogP contribution in [0.1, 0.15) is 38.3 Å². The number of aromatic nitrogens is 2. The van der Waals surface area contributed by atoms with Gasteiger partial charge in [-0.3, -0.25) is 19.0 Å². The molecule has 0 fully saturated rings. The molecule has 0 saturated heterocycles.